The summed E-state index contributed by atoms with van der Waals surface area (Å²) in [5.41, 5.74) is 1.58. The van der Waals surface area contributed by atoms with Gasteiger partial charge in [-0.15, -0.1) is 0 Å². The Labute approximate surface area is 117 Å². The van der Waals surface area contributed by atoms with Gasteiger partial charge in [0.05, 0.1) is 22.9 Å². The summed E-state index contributed by atoms with van der Waals surface area (Å²) in [6, 6.07) is 1.80. The molecule has 0 aliphatic rings. The van der Waals surface area contributed by atoms with Crippen LogP contribution in [0.5, 0.6) is 0 Å². The number of esters is 1. The van der Waals surface area contributed by atoms with Gasteiger partial charge in [-0.3, -0.25) is 0 Å². The quantitative estimate of drug-likeness (QED) is 0.791. The van der Waals surface area contributed by atoms with Crippen LogP contribution in [0.4, 0.5) is 0 Å². The molecule has 0 aliphatic carbocycles. The van der Waals surface area contributed by atoms with Crippen LogP contribution in [0.2, 0.25) is 5.02 Å². The zero-order valence-electron chi connectivity index (χ0n) is 9.83. The highest BCUT2D eigenvalue weighted by Gasteiger charge is 2.16. The largest absolute Gasteiger partial charge is 0.462 e. The molecule has 0 fully saturated rings. The smallest absolute Gasteiger partial charge is 0.341 e. The minimum Gasteiger partial charge on any atom is -0.462 e. The molecule has 4 nitrogen and oxygen atoms in total. The molecule has 0 spiro atoms. The lowest BCUT2D eigenvalue weighted by Gasteiger charge is -2.07. The fraction of sp³-hybridized carbons (Fsp3) is 0.250. The van der Waals surface area contributed by atoms with Crippen molar-refractivity contribution in [2.75, 3.05) is 6.61 Å². The Morgan fingerprint density at radius 3 is 2.94 bits per heavy atom. The van der Waals surface area contributed by atoms with Crippen LogP contribution in [0.25, 0.3) is 11.0 Å². The predicted octanol–water partition coefficient (Wildman–Crippen LogP) is 3.53. The highest BCUT2D eigenvalue weighted by Crippen LogP contribution is 2.28. The maximum atomic E-state index is 11.7. The summed E-state index contributed by atoms with van der Waals surface area (Å²) in [5.74, 6) is -0.478. The van der Waals surface area contributed by atoms with Gasteiger partial charge >= 0.3 is 5.97 Å². The number of rotatable bonds is 2. The topological polar surface area (TPSA) is 52.1 Å². The highest BCUT2D eigenvalue weighted by molar-refractivity contribution is 9.10. The van der Waals surface area contributed by atoms with Crippen molar-refractivity contribution in [2.24, 2.45) is 0 Å². The second-order valence-electron chi connectivity index (χ2n) is 3.63. The van der Waals surface area contributed by atoms with E-state index in [4.69, 9.17) is 16.3 Å². The van der Waals surface area contributed by atoms with Crippen LogP contribution in [0.15, 0.2) is 16.7 Å². The molecule has 2 rings (SSSR count). The Balaban J connectivity index is 2.63. The number of hydrogen-bond acceptors (Lipinski definition) is 4. The molecule has 0 radical (unpaired) electrons. The van der Waals surface area contributed by atoms with Gasteiger partial charge in [0.15, 0.2) is 5.65 Å². The summed E-state index contributed by atoms with van der Waals surface area (Å²) in [6.45, 7) is 3.89. The average Bonchev–Trinajstić information content (AvgIpc) is 2.32. The summed E-state index contributed by atoms with van der Waals surface area (Å²) >= 11 is 9.57. The number of carbonyl (C=O) groups is 1. The Kier molecular flexibility index (Phi) is 3.82. The van der Waals surface area contributed by atoms with E-state index in [9.17, 15) is 4.79 Å². The minimum absolute atomic E-state index is 0.253. The van der Waals surface area contributed by atoms with Gasteiger partial charge in [-0.2, -0.15) is 0 Å². The van der Waals surface area contributed by atoms with E-state index in [0.29, 0.717) is 22.7 Å². The van der Waals surface area contributed by atoms with Gasteiger partial charge in [-0.25, -0.2) is 14.8 Å². The molecule has 2 heterocycles. The molecule has 2 aromatic rings. The number of nitrogens with zero attached hydrogens (tertiary/aromatic N) is 2. The molecule has 94 valence electrons. The fourth-order valence-corrected chi connectivity index (χ4v) is 2.09. The first-order valence-electron chi connectivity index (χ1n) is 5.33. The zero-order chi connectivity index (χ0) is 13.3. The Morgan fingerprint density at radius 2 is 2.28 bits per heavy atom. The van der Waals surface area contributed by atoms with E-state index < -0.39 is 5.97 Å². The van der Waals surface area contributed by atoms with Gasteiger partial charge < -0.3 is 4.74 Å². The van der Waals surface area contributed by atoms with Gasteiger partial charge in [0.1, 0.15) is 0 Å². The van der Waals surface area contributed by atoms with E-state index in [1.165, 1.54) is 6.20 Å². The minimum atomic E-state index is -0.478. The highest BCUT2D eigenvalue weighted by atomic mass is 79.9. The van der Waals surface area contributed by atoms with Crippen molar-refractivity contribution in [1.29, 1.82) is 0 Å². The molecular formula is C12H10BrClN2O2. The standard InChI is InChI=1S/C12H10BrClN2O2/c1-3-18-12(17)8-5-15-11-7(10(8)14)4-9(13)6(2)16-11/h4-5H,3H2,1-2H3. The summed E-state index contributed by atoms with van der Waals surface area (Å²) in [7, 11) is 0. The van der Waals surface area contributed by atoms with Crippen LogP contribution in [0.1, 0.15) is 23.0 Å². The van der Waals surface area contributed by atoms with E-state index in [0.717, 1.165) is 10.2 Å². The fourth-order valence-electron chi connectivity index (χ4n) is 1.51. The van der Waals surface area contributed by atoms with Gasteiger partial charge in [0, 0.05) is 16.1 Å². The van der Waals surface area contributed by atoms with Crippen molar-refractivity contribution in [1.82, 2.24) is 9.97 Å². The van der Waals surface area contributed by atoms with Crippen LogP contribution in [-0.4, -0.2) is 22.5 Å². The van der Waals surface area contributed by atoms with Crippen molar-refractivity contribution in [3.63, 3.8) is 0 Å². The SMILES string of the molecule is CCOC(=O)c1cnc2nc(C)c(Br)cc2c1Cl. The molecule has 0 aromatic carbocycles. The van der Waals surface area contributed by atoms with E-state index in [1.807, 2.05) is 6.92 Å². The zero-order valence-corrected chi connectivity index (χ0v) is 12.2. The molecule has 2 aromatic heterocycles. The number of carbonyl (C=O) groups excluding carboxylic acids is 1. The maximum absolute atomic E-state index is 11.7. The average molecular weight is 330 g/mol. The molecule has 0 atom stereocenters. The summed E-state index contributed by atoms with van der Waals surface area (Å²) in [6.07, 6.45) is 1.39. The monoisotopic (exact) mass is 328 g/mol. The van der Waals surface area contributed by atoms with Crippen LogP contribution in [0.3, 0.4) is 0 Å². The number of halogens is 2. The van der Waals surface area contributed by atoms with Crippen molar-refractivity contribution in [3.05, 3.63) is 33.0 Å². The lowest BCUT2D eigenvalue weighted by molar-refractivity contribution is 0.0526. The van der Waals surface area contributed by atoms with Crippen LogP contribution < -0.4 is 0 Å². The van der Waals surface area contributed by atoms with E-state index >= 15 is 0 Å². The molecule has 0 unspecified atom stereocenters. The van der Waals surface area contributed by atoms with Gasteiger partial charge in [-0.05, 0) is 35.8 Å². The van der Waals surface area contributed by atoms with Crippen LogP contribution in [0, 0.1) is 6.92 Å². The molecule has 0 saturated carbocycles. The second-order valence-corrected chi connectivity index (χ2v) is 4.87. The normalized spacial score (nSPS) is 10.7. The second kappa shape index (κ2) is 5.20. The third-order valence-corrected chi connectivity index (χ3v) is 3.63. The van der Waals surface area contributed by atoms with E-state index in [2.05, 4.69) is 25.9 Å². The summed E-state index contributed by atoms with van der Waals surface area (Å²) < 4.78 is 5.74. The molecule has 0 aliphatic heterocycles. The predicted molar refractivity (Wildman–Crippen MR) is 72.9 cm³/mol. The third kappa shape index (κ3) is 2.33. The summed E-state index contributed by atoms with van der Waals surface area (Å²) in [4.78, 5) is 20.1. The van der Waals surface area contributed by atoms with Gasteiger partial charge in [0.2, 0.25) is 0 Å². The van der Waals surface area contributed by atoms with Gasteiger partial charge in [-0.1, -0.05) is 11.6 Å². The molecule has 0 N–H and O–H groups in total. The molecule has 0 saturated heterocycles. The number of ether oxygens (including phenoxy) is 1. The van der Waals surface area contributed by atoms with Crippen molar-refractivity contribution < 1.29 is 9.53 Å². The summed E-state index contributed by atoms with van der Waals surface area (Å²) in [5, 5.41) is 0.936. The van der Waals surface area contributed by atoms with Crippen LogP contribution >= 0.6 is 27.5 Å². The number of pyridine rings is 2. The lowest BCUT2D eigenvalue weighted by Crippen LogP contribution is -2.06. The first-order chi connectivity index (χ1) is 8.54. The van der Waals surface area contributed by atoms with Crippen molar-refractivity contribution in [3.8, 4) is 0 Å². The first-order valence-corrected chi connectivity index (χ1v) is 6.50. The Hall–Kier alpha value is -1.20. The number of hydrogen-bond donors (Lipinski definition) is 0. The third-order valence-electron chi connectivity index (χ3n) is 2.42. The maximum Gasteiger partial charge on any atom is 0.341 e. The van der Waals surface area contributed by atoms with Crippen molar-refractivity contribution in [2.45, 2.75) is 13.8 Å². The molecule has 0 amide bonds. The van der Waals surface area contributed by atoms with E-state index in [-0.39, 0.29) is 5.56 Å². The Bertz CT molecular complexity index is 631. The Morgan fingerprint density at radius 1 is 1.56 bits per heavy atom. The van der Waals surface area contributed by atoms with E-state index in [1.54, 1.807) is 13.0 Å². The molecular weight excluding hydrogens is 320 g/mol. The van der Waals surface area contributed by atoms with Crippen LogP contribution in [-0.2, 0) is 4.74 Å². The number of aromatic nitrogens is 2. The lowest BCUT2D eigenvalue weighted by atomic mass is 10.2. The first kappa shape index (κ1) is 13.2. The molecule has 18 heavy (non-hydrogen) atoms. The van der Waals surface area contributed by atoms with Gasteiger partial charge in [0.25, 0.3) is 0 Å². The number of aryl methyl sites for hydroxylation is 1. The van der Waals surface area contributed by atoms with Crippen molar-refractivity contribution >= 4 is 44.5 Å². The number of fused-ring (bicyclic) bond motifs is 1. The molecule has 6 heteroatoms. The molecule has 0 bridgehead atoms.